The van der Waals surface area contributed by atoms with Crippen molar-refractivity contribution in [1.82, 2.24) is 0 Å². The molecule has 0 nitrogen and oxygen atoms in total. The van der Waals surface area contributed by atoms with E-state index in [1.54, 1.807) is 0 Å². The number of alkyl halides is 1. The third-order valence-electron chi connectivity index (χ3n) is 2.80. The first-order valence-electron chi connectivity index (χ1n) is 6.59. The van der Waals surface area contributed by atoms with Gasteiger partial charge in [-0.15, -0.1) is 11.6 Å². The van der Waals surface area contributed by atoms with Gasteiger partial charge in [0.2, 0.25) is 0 Å². The smallest absolute Gasteiger partial charge is 0.0759 e. The van der Waals surface area contributed by atoms with Crippen molar-refractivity contribution in [2.75, 3.05) is 0 Å². The summed E-state index contributed by atoms with van der Waals surface area (Å²) < 4.78 is 0.0686. The van der Waals surface area contributed by atoms with Crippen LogP contribution in [0.3, 0.4) is 0 Å². The summed E-state index contributed by atoms with van der Waals surface area (Å²) in [7, 11) is 0. The van der Waals surface area contributed by atoms with Crippen molar-refractivity contribution in [3.05, 3.63) is 0 Å². The summed E-state index contributed by atoms with van der Waals surface area (Å²) in [6, 6.07) is 0. The summed E-state index contributed by atoms with van der Waals surface area (Å²) in [5.41, 5.74) is 0. The standard InChI is InChI=1S/C13H27ClS/c1-2-3-4-5-6-7-8-9-10-11-12-13(14)15/h13,15H,2-12H2,1H3. The molecular weight excluding hydrogens is 224 g/mol. The monoisotopic (exact) mass is 250 g/mol. The van der Waals surface area contributed by atoms with Crippen LogP contribution in [0, 0.1) is 0 Å². The number of hydrogen-bond acceptors (Lipinski definition) is 1. The molecule has 2 heteroatoms. The third kappa shape index (κ3) is 14.6. The van der Waals surface area contributed by atoms with Crippen molar-refractivity contribution in [3.63, 3.8) is 0 Å². The highest BCUT2D eigenvalue weighted by molar-refractivity contribution is 7.82. The van der Waals surface area contributed by atoms with Crippen LogP contribution in [0.25, 0.3) is 0 Å². The van der Waals surface area contributed by atoms with Gasteiger partial charge in [0.1, 0.15) is 0 Å². The molecule has 1 atom stereocenters. The van der Waals surface area contributed by atoms with Crippen LogP contribution < -0.4 is 0 Å². The number of rotatable bonds is 11. The fraction of sp³-hybridized carbons (Fsp3) is 1.00. The minimum absolute atomic E-state index is 0.0686. The Bertz CT molecular complexity index is 115. The molecule has 0 amide bonds. The lowest BCUT2D eigenvalue weighted by Crippen LogP contribution is -1.87. The second-order valence-corrected chi connectivity index (χ2v) is 5.86. The van der Waals surface area contributed by atoms with E-state index in [0.717, 1.165) is 6.42 Å². The van der Waals surface area contributed by atoms with Crippen LogP contribution in [0.15, 0.2) is 0 Å². The summed E-state index contributed by atoms with van der Waals surface area (Å²) in [4.78, 5) is 0. The Morgan fingerprint density at radius 1 is 0.800 bits per heavy atom. The number of halogens is 1. The van der Waals surface area contributed by atoms with E-state index in [1.807, 2.05) is 0 Å². The maximum absolute atomic E-state index is 5.75. The molecule has 0 spiro atoms. The van der Waals surface area contributed by atoms with E-state index in [-0.39, 0.29) is 4.71 Å². The number of thiol groups is 1. The zero-order valence-electron chi connectivity index (χ0n) is 10.2. The summed E-state index contributed by atoms with van der Waals surface area (Å²) in [5.74, 6) is 0. The number of unbranched alkanes of at least 4 members (excludes halogenated alkanes) is 9. The molecule has 0 fully saturated rings. The Morgan fingerprint density at radius 3 is 1.60 bits per heavy atom. The maximum atomic E-state index is 5.75. The molecule has 0 aliphatic rings. The second kappa shape index (κ2) is 12.7. The van der Waals surface area contributed by atoms with E-state index in [2.05, 4.69) is 19.6 Å². The Kier molecular flexibility index (Phi) is 13.3. The molecule has 0 saturated heterocycles. The topological polar surface area (TPSA) is 0 Å². The van der Waals surface area contributed by atoms with Crippen molar-refractivity contribution in [3.8, 4) is 0 Å². The van der Waals surface area contributed by atoms with Gasteiger partial charge < -0.3 is 0 Å². The zero-order chi connectivity index (χ0) is 11.4. The van der Waals surface area contributed by atoms with Gasteiger partial charge in [-0.25, -0.2) is 0 Å². The first kappa shape index (κ1) is 15.6. The highest BCUT2D eigenvalue weighted by atomic mass is 35.5. The molecule has 0 aliphatic carbocycles. The van der Waals surface area contributed by atoms with Gasteiger partial charge in [0.05, 0.1) is 4.71 Å². The van der Waals surface area contributed by atoms with Crippen LogP contribution in [0.5, 0.6) is 0 Å². The molecule has 0 aliphatic heterocycles. The van der Waals surface area contributed by atoms with Crippen LogP contribution in [0.2, 0.25) is 0 Å². The largest absolute Gasteiger partial charge is 0.160 e. The highest BCUT2D eigenvalue weighted by Gasteiger charge is 1.96. The molecule has 0 aromatic heterocycles. The Labute approximate surface area is 107 Å². The molecule has 0 rings (SSSR count). The van der Waals surface area contributed by atoms with E-state index < -0.39 is 0 Å². The van der Waals surface area contributed by atoms with E-state index in [4.69, 9.17) is 11.6 Å². The third-order valence-corrected chi connectivity index (χ3v) is 3.27. The summed E-state index contributed by atoms with van der Waals surface area (Å²) in [6.45, 7) is 2.27. The van der Waals surface area contributed by atoms with Crippen molar-refractivity contribution >= 4 is 24.2 Å². The van der Waals surface area contributed by atoms with Gasteiger partial charge in [-0.2, -0.15) is 12.6 Å². The predicted octanol–water partition coefficient (Wildman–Crippen LogP) is 5.79. The lowest BCUT2D eigenvalue weighted by Gasteiger charge is -2.03. The minimum atomic E-state index is 0.0686. The molecule has 0 radical (unpaired) electrons. The van der Waals surface area contributed by atoms with E-state index in [1.165, 1.54) is 64.2 Å². The molecule has 1 unspecified atom stereocenters. The van der Waals surface area contributed by atoms with Gasteiger partial charge in [-0.1, -0.05) is 71.1 Å². The summed E-state index contributed by atoms with van der Waals surface area (Å²) in [6.07, 6.45) is 14.9. The van der Waals surface area contributed by atoms with E-state index in [0.29, 0.717) is 0 Å². The Morgan fingerprint density at radius 2 is 1.20 bits per heavy atom. The van der Waals surface area contributed by atoms with Gasteiger partial charge in [-0.05, 0) is 6.42 Å². The molecule has 15 heavy (non-hydrogen) atoms. The van der Waals surface area contributed by atoms with Crippen molar-refractivity contribution in [2.45, 2.75) is 82.3 Å². The molecule has 0 saturated carbocycles. The molecule has 0 aromatic rings. The van der Waals surface area contributed by atoms with Crippen LogP contribution in [0.1, 0.15) is 77.6 Å². The van der Waals surface area contributed by atoms with Crippen molar-refractivity contribution in [2.24, 2.45) is 0 Å². The van der Waals surface area contributed by atoms with Crippen molar-refractivity contribution < 1.29 is 0 Å². The quantitative estimate of drug-likeness (QED) is 0.268. The fourth-order valence-electron chi connectivity index (χ4n) is 1.80. The average Bonchev–Trinajstić information content (AvgIpc) is 2.20. The molecule has 92 valence electrons. The normalized spacial score (nSPS) is 13.0. The average molecular weight is 251 g/mol. The molecule has 0 heterocycles. The molecule has 0 bridgehead atoms. The van der Waals surface area contributed by atoms with Gasteiger partial charge in [0, 0.05) is 0 Å². The van der Waals surface area contributed by atoms with Crippen molar-refractivity contribution in [1.29, 1.82) is 0 Å². The molecular formula is C13H27ClS. The SMILES string of the molecule is CCCCCCCCCCCCC(S)Cl. The first-order chi connectivity index (χ1) is 7.27. The number of hydrogen-bond donors (Lipinski definition) is 1. The first-order valence-corrected chi connectivity index (χ1v) is 7.54. The van der Waals surface area contributed by atoms with Crippen LogP contribution >= 0.6 is 24.2 Å². The summed E-state index contributed by atoms with van der Waals surface area (Å²) >= 11 is 9.91. The predicted molar refractivity (Wildman–Crippen MR) is 75.1 cm³/mol. The zero-order valence-corrected chi connectivity index (χ0v) is 11.8. The highest BCUT2D eigenvalue weighted by Crippen LogP contribution is 2.14. The second-order valence-electron chi connectivity index (χ2n) is 4.41. The summed E-state index contributed by atoms with van der Waals surface area (Å²) in [5, 5.41) is 0. The van der Waals surface area contributed by atoms with E-state index >= 15 is 0 Å². The van der Waals surface area contributed by atoms with Gasteiger partial charge in [0.25, 0.3) is 0 Å². The molecule has 0 N–H and O–H groups in total. The Balaban J connectivity index is 2.87. The lowest BCUT2D eigenvalue weighted by molar-refractivity contribution is 0.553. The van der Waals surface area contributed by atoms with E-state index in [9.17, 15) is 0 Å². The van der Waals surface area contributed by atoms with Gasteiger partial charge >= 0.3 is 0 Å². The van der Waals surface area contributed by atoms with Gasteiger partial charge in [-0.3, -0.25) is 0 Å². The van der Waals surface area contributed by atoms with Crippen LogP contribution in [-0.4, -0.2) is 4.71 Å². The Hall–Kier alpha value is 0.640. The maximum Gasteiger partial charge on any atom is 0.0759 e. The van der Waals surface area contributed by atoms with Crippen LogP contribution in [-0.2, 0) is 0 Å². The minimum Gasteiger partial charge on any atom is -0.160 e. The lowest BCUT2D eigenvalue weighted by atomic mass is 10.1. The van der Waals surface area contributed by atoms with Crippen LogP contribution in [0.4, 0.5) is 0 Å². The molecule has 0 aromatic carbocycles. The fourth-order valence-corrected chi connectivity index (χ4v) is 2.14. The van der Waals surface area contributed by atoms with Gasteiger partial charge in [0.15, 0.2) is 0 Å².